The number of nitrogens with two attached hydrogens (primary N) is 1. The van der Waals surface area contributed by atoms with Gasteiger partial charge in [-0.15, -0.1) is 0 Å². The van der Waals surface area contributed by atoms with Gasteiger partial charge in [-0.05, 0) is 46.2 Å². The van der Waals surface area contributed by atoms with E-state index in [0.29, 0.717) is 5.95 Å². The first-order valence-corrected chi connectivity index (χ1v) is 5.26. The van der Waals surface area contributed by atoms with Crippen LogP contribution in [-0.4, -0.2) is 20.2 Å². The maximum absolute atomic E-state index is 5.60. The largest absolute Gasteiger partial charge is 0.367 e. The molecule has 0 saturated carbocycles. The van der Waals surface area contributed by atoms with Crippen LogP contribution < -0.4 is 5.73 Å². The van der Waals surface area contributed by atoms with Crippen LogP contribution in [0.3, 0.4) is 0 Å². The molecule has 2 rings (SSSR count). The van der Waals surface area contributed by atoms with Gasteiger partial charge in [0.2, 0.25) is 5.95 Å². The fourth-order valence-corrected chi connectivity index (χ4v) is 2.03. The lowest BCUT2D eigenvalue weighted by molar-refractivity contribution is 0.481. The minimum absolute atomic E-state index is 0.194. The van der Waals surface area contributed by atoms with Crippen molar-refractivity contribution in [1.29, 1.82) is 0 Å². The highest BCUT2D eigenvalue weighted by Gasteiger charge is 2.10. The monoisotopic (exact) mass is 209 g/mol. The summed E-state index contributed by atoms with van der Waals surface area (Å²) in [6.07, 6.45) is 0.902. The molecule has 14 heavy (non-hydrogen) atoms. The zero-order valence-corrected chi connectivity index (χ0v) is 8.61. The molecule has 0 saturated heterocycles. The molecule has 0 radical (unpaired) electrons. The van der Waals surface area contributed by atoms with Gasteiger partial charge in [-0.2, -0.15) is 11.3 Å². The Morgan fingerprint density at radius 3 is 3.07 bits per heavy atom. The normalized spacial score (nSPS) is 12.9. The number of rotatable bonds is 3. The fourth-order valence-electron chi connectivity index (χ4n) is 1.35. The number of hydrogen-bond donors (Lipinski definition) is 1. The van der Waals surface area contributed by atoms with Crippen molar-refractivity contribution in [3.8, 4) is 0 Å². The summed E-state index contributed by atoms with van der Waals surface area (Å²) in [5.74, 6) is 0.368. The van der Waals surface area contributed by atoms with Gasteiger partial charge in [-0.3, -0.25) is 0 Å². The Bertz CT molecular complexity index is 394. The highest BCUT2D eigenvalue weighted by molar-refractivity contribution is 7.07. The summed E-state index contributed by atoms with van der Waals surface area (Å²) in [6, 6.07) is 2.29. The van der Waals surface area contributed by atoms with Crippen LogP contribution in [0, 0.1) is 0 Å². The summed E-state index contributed by atoms with van der Waals surface area (Å²) in [5.41, 5.74) is 6.89. The number of anilines is 1. The molecule has 2 aromatic heterocycles. The van der Waals surface area contributed by atoms with Crippen LogP contribution in [0.5, 0.6) is 0 Å². The van der Waals surface area contributed by atoms with E-state index in [9.17, 15) is 0 Å². The van der Waals surface area contributed by atoms with Gasteiger partial charge in [0.15, 0.2) is 0 Å². The number of aromatic nitrogens is 4. The topological polar surface area (TPSA) is 69.6 Å². The Kier molecular flexibility index (Phi) is 2.45. The molecule has 2 heterocycles. The first-order valence-electron chi connectivity index (χ1n) is 4.32. The number of tetrazole rings is 1. The first kappa shape index (κ1) is 9.14. The molecular formula is C8H11N5S. The number of hydrogen-bond acceptors (Lipinski definition) is 5. The van der Waals surface area contributed by atoms with Crippen molar-refractivity contribution in [3.05, 3.63) is 22.4 Å². The molecule has 0 bridgehead atoms. The molecule has 2 aromatic rings. The predicted octanol–water partition coefficient (Wildman–Crippen LogP) is 1.12. The quantitative estimate of drug-likeness (QED) is 0.822. The van der Waals surface area contributed by atoms with E-state index in [4.69, 9.17) is 5.73 Å². The SMILES string of the molecule is CC(Cc1ccsc1)n1nnnc1N. The average Bonchev–Trinajstić information content (AvgIpc) is 2.75. The molecule has 0 amide bonds. The van der Waals surface area contributed by atoms with Crippen molar-refractivity contribution in [2.75, 3.05) is 5.73 Å². The second-order valence-corrected chi connectivity index (χ2v) is 3.95. The van der Waals surface area contributed by atoms with Gasteiger partial charge in [0.25, 0.3) is 0 Å². The molecule has 0 aliphatic heterocycles. The minimum Gasteiger partial charge on any atom is -0.367 e. The van der Waals surface area contributed by atoms with Gasteiger partial charge < -0.3 is 5.73 Å². The van der Waals surface area contributed by atoms with Gasteiger partial charge in [-0.25, -0.2) is 4.68 Å². The van der Waals surface area contributed by atoms with Crippen molar-refractivity contribution in [1.82, 2.24) is 20.2 Å². The van der Waals surface area contributed by atoms with Crippen LogP contribution in [0.15, 0.2) is 16.8 Å². The molecule has 74 valence electrons. The third-order valence-electron chi connectivity index (χ3n) is 2.05. The molecular weight excluding hydrogens is 198 g/mol. The van der Waals surface area contributed by atoms with Crippen LogP contribution >= 0.6 is 11.3 Å². The van der Waals surface area contributed by atoms with E-state index in [1.807, 2.05) is 6.92 Å². The number of nitrogen functional groups attached to an aromatic ring is 1. The molecule has 5 nitrogen and oxygen atoms in total. The van der Waals surface area contributed by atoms with Gasteiger partial charge in [0.05, 0.1) is 6.04 Å². The zero-order chi connectivity index (χ0) is 9.97. The van der Waals surface area contributed by atoms with Crippen molar-refractivity contribution in [2.45, 2.75) is 19.4 Å². The Morgan fingerprint density at radius 2 is 2.50 bits per heavy atom. The molecule has 1 atom stereocenters. The lowest BCUT2D eigenvalue weighted by atomic mass is 10.1. The summed E-state index contributed by atoms with van der Waals surface area (Å²) in [6.45, 7) is 2.05. The molecule has 0 aliphatic carbocycles. The Hall–Kier alpha value is -1.43. The van der Waals surface area contributed by atoms with E-state index < -0.39 is 0 Å². The smallest absolute Gasteiger partial charge is 0.240 e. The lowest BCUT2D eigenvalue weighted by Crippen LogP contribution is -2.12. The third-order valence-corrected chi connectivity index (χ3v) is 2.78. The van der Waals surface area contributed by atoms with Crippen LogP contribution in [0.1, 0.15) is 18.5 Å². The Balaban J connectivity index is 2.10. The molecule has 0 fully saturated rings. The van der Waals surface area contributed by atoms with E-state index in [1.54, 1.807) is 16.0 Å². The predicted molar refractivity (Wildman–Crippen MR) is 55.0 cm³/mol. The molecule has 6 heteroatoms. The maximum Gasteiger partial charge on any atom is 0.240 e. The van der Waals surface area contributed by atoms with Gasteiger partial charge >= 0.3 is 0 Å². The molecule has 0 aromatic carbocycles. The second kappa shape index (κ2) is 3.75. The number of thiophene rings is 1. The van der Waals surface area contributed by atoms with Gasteiger partial charge in [0, 0.05) is 0 Å². The van der Waals surface area contributed by atoms with E-state index in [-0.39, 0.29) is 6.04 Å². The zero-order valence-electron chi connectivity index (χ0n) is 7.79. The Labute approximate surface area is 85.5 Å². The average molecular weight is 209 g/mol. The van der Waals surface area contributed by atoms with Crippen LogP contribution in [0.2, 0.25) is 0 Å². The van der Waals surface area contributed by atoms with Crippen molar-refractivity contribution < 1.29 is 0 Å². The molecule has 0 spiro atoms. The van der Waals surface area contributed by atoms with E-state index in [1.165, 1.54) is 5.56 Å². The second-order valence-electron chi connectivity index (χ2n) is 3.17. The third kappa shape index (κ3) is 1.74. The fraction of sp³-hybridized carbons (Fsp3) is 0.375. The minimum atomic E-state index is 0.194. The lowest BCUT2D eigenvalue weighted by Gasteiger charge is -2.10. The summed E-state index contributed by atoms with van der Waals surface area (Å²) in [4.78, 5) is 0. The van der Waals surface area contributed by atoms with Crippen LogP contribution in [0.25, 0.3) is 0 Å². The summed E-state index contributed by atoms with van der Waals surface area (Å²) in [5, 5.41) is 15.2. The van der Waals surface area contributed by atoms with E-state index in [2.05, 4.69) is 32.4 Å². The van der Waals surface area contributed by atoms with Crippen molar-refractivity contribution >= 4 is 17.3 Å². The summed E-state index contributed by atoms with van der Waals surface area (Å²) >= 11 is 1.69. The molecule has 2 N–H and O–H groups in total. The van der Waals surface area contributed by atoms with E-state index in [0.717, 1.165) is 6.42 Å². The van der Waals surface area contributed by atoms with Gasteiger partial charge in [-0.1, -0.05) is 5.10 Å². The van der Waals surface area contributed by atoms with Crippen LogP contribution in [0.4, 0.5) is 5.95 Å². The Morgan fingerprint density at radius 1 is 1.64 bits per heavy atom. The van der Waals surface area contributed by atoms with Gasteiger partial charge in [0.1, 0.15) is 0 Å². The highest BCUT2D eigenvalue weighted by Crippen LogP contribution is 2.16. The number of nitrogens with zero attached hydrogens (tertiary/aromatic N) is 4. The van der Waals surface area contributed by atoms with Crippen molar-refractivity contribution in [2.24, 2.45) is 0 Å². The molecule has 0 aliphatic rings. The van der Waals surface area contributed by atoms with Crippen LogP contribution in [-0.2, 0) is 6.42 Å². The standard InChI is InChI=1S/C8H11N5S/c1-6(4-7-2-3-14-5-7)13-8(9)10-11-12-13/h2-3,5-6H,4H2,1H3,(H2,9,10,12). The highest BCUT2D eigenvalue weighted by atomic mass is 32.1. The summed E-state index contributed by atoms with van der Waals surface area (Å²) < 4.78 is 1.64. The molecule has 1 unspecified atom stereocenters. The van der Waals surface area contributed by atoms with Crippen molar-refractivity contribution in [3.63, 3.8) is 0 Å². The first-order chi connectivity index (χ1) is 6.77. The van der Waals surface area contributed by atoms with E-state index >= 15 is 0 Å². The maximum atomic E-state index is 5.60. The summed E-state index contributed by atoms with van der Waals surface area (Å²) in [7, 11) is 0.